The summed E-state index contributed by atoms with van der Waals surface area (Å²) in [6.45, 7) is 3.43. The highest BCUT2D eigenvalue weighted by Crippen LogP contribution is 2.21. The van der Waals surface area contributed by atoms with Crippen molar-refractivity contribution in [3.8, 4) is 0 Å². The Balaban J connectivity index is 2.80. The Morgan fingerprint density at radius 1 is 1.26 bits per heavy atom. The van der Waals surface area contributed by atoms with Gasteiger partial charge in [0, 0.05) is 0 Å². The fourth-order valence-electron chi connectivity index (χ4n) is 1.72. The lowest BCUT2D eigenvalue weighted by Gasteiger charge is -2.28. The van der Waals surface area contributed by atoms with Gasteiger partial charge in [-0.05, 0) is 25.0 Å². The van der Waals surface area contributed by atoms with E-state index in [-0.39, 0.29) is 0 Å². The first-order valence-electron chi connectivity index (χ1n) is 6.02. The Morgan fingerprint density at radius 3 is 2.32 bits per heavy atom. The number of carbonyl (C=O) groups is 2. The molecule has 1 rings (SSSR count). The second-order valence-corrected chi connectivity index (χ2v) is 4.56. The van der Waals surface area contributed by atoms with Crippen molar-refractivity contribution in [2.75, 3.05) is 5.32 Å². The maximum atomic E-state index is 11.9. The molecule has 0 heterocycles. The second-order valence-electron chi connectivity index (χ2n) is 4.15. The van der Waals surface area contributed by atoms with Crippen LogP contribution in [-0.4, -0.2) is 22.6 Å². The van der Waals surface area contributed by atoms with Crippen LogP contribution in [0.2, 0.25) is 5.02 Å². The van der Waals surface area contributed by atoms with Gasteiger partial charge in [0.15, 0.2) is 0 Å². The molecule has 5 nitrogen and oxygen atoms in total. The number of carboxylic acid groups (broad SMARTS) is 1. The van der Waals surface area contributed by atoms with Gasteiger partial charge in [-0.15, -0.1) is 0 Å². The van der Waals surface area contributed by atoms with Crippen LogP contribution in [0.5, 0.6) is 0 Å². The average molecular weight is 285 g/mol. The van der Waals surface area contributed by atoms with E-state index in [0.717, 1.165) is 0 Å². The molecule has 0 aliphatic carbocycles. The number of amides is 2. The molecular formula is C13H17ClN2O3. The number of nitrogens with one attached hydrogen (secondary N) is 2. The van der Waals surface area contributed by atoms with Crippen LogP contribution in [0, 0.1) is 0 Å². The Labute approximate surface area is 117 Å². The molecule has 1 aromatic rings. The molecule has 104 valence electrons. The van der Waals surface area contributed by atoms with Gasteiger partial charge >= 0.3 is 12.0 Å². The smallest absolute Gasteiger partial charge is 0.329 e. The molecular weight excluding hydrogens is 268 g/mol. The summed E-state index contributed by atoms with van der Waals surface area (Å²) < 4.78 is 0. The normalized spacial score (nSPS) is 10.9. The lowest BCUT2D eigenvalue weighted by molar-refractivity contribution is -0.144. The van der Waals surface area contributed by atoms with Gasteiger partial charge < -0.3 is 15.7 Å². The number of hydrogen-bond acceptors (Lipinski definition) is 2. The highest BCUT2D eigenvalue weighted by atomic mass is 35.5. The second kappa shape index (κ2) is 6.43. The van der Waals surface area contributed by atoms with Crippen molar-refractivity contribution in [2.24, 2.45) is 0 Å². The van der Waals surface area contributed by atoms with Crippen LogP contribution in [-0.2, 0) is 4.79 Å². The van der Waals surface area contributed by atoms with E-state index in [1.54, 1.807) is 38.1 Å². The lowest BCUT2D eigenvalue weighted by Crippen LogP contribution is -2.55. The van der Waals surface area contributed by atoms with Crippen LogP contribution < -0.4 is 10.6 Å². The van der Waals surface area contributed by atoms with Crippen LogP contribution in [0.25, 0.3) is 0 Å². The summed E-state index contributed by atoms with van der Waals surface area (Å²) in [5, 5.41) is 14.7. The third-order valence-electron chi connectivity index (χ3n) is 3.09. The van der Waals surface area contributed by atoms with Gasteiger partial charge in [-0.3, -0.25) is 0 Å². The maximum Gasteiger partial charge on any atom is 0.329 e. The zero-order valence-corrected chi connectivity index (χ0v) is 11.6. The van der Waals surface area contributed by atoms with E-state index in [0.29, 0.717) is 23.6 Å². The summed E-state index contributed by atoms with van der Waals surface area (Å²) in [7, 11) is 0. The fraction of sp³-hybridized carbons (Fsp3) is 0.385. The molecule has 0 saturated heterocycles. The number of carbonyl (C=O) groups excluding carboxylic acids is 1. The van der Waals surface area contributed by atoms with E-state index in [1.807, 2.05) is 0 Å². The zero-order chi connectivity index (χ0) is 14.5. The van der Waals surface area contributed by atoms with Gasteiger partial charge in [-0.25, -0.2) is 9.59 Å². The summed E-state index contributed by atoms with van der Waals surface area (Å²) in [6.07, 6.45) is 0.601. The van der Waals surface area contributed by atoms with Gasteiger partial charge in [-0.1, -0.05) is 37.6 Å². The van der Waals surface area contributed by atoms with E-state index in [1.165, 1.54) is 0 Å². The molecule has 0 spiro atoms. The number of benzene rings is 1. The highest BCUT2D eigenvalue weighted by molar-refractivity contribution is 6.33. The number of aliphatic carboxylic acids is 1. The minimum absolute atomic E-state index is 0.300. The number of hydrogen-bond donors (Lipinski definition) is 3. The Kier molecular flexibility index (Phi) is 5.18. The lowest BCUT2D eigenvalue weighted by atomic mass is 9.93. The number of urea groups is 1. The Bertz CT molecular complexity index is 473. The van der Waals surface area contributed by atoms with Crippen LogP contribution in [0.3, 0.4) is 0 Å². The van der Waals surface area contributed by atoms with Crippen molar-refractivity contribution in [1.82, 2.24) is 5.32 Å². The first-order valence-corrected chi connectivity index (χ1v) is 6.40. The van der Waals surface area contributed by atoms with E-state index < -0.39 is 17.5 Å². The Morgan fingerprint density at radius 2 is 1.84 bits per heavy atom. The molecule has 1 aromatic carbocycles. The topological polar surface area (TPSA) is 78.4 Å². The van der Waals surface area contributed by atoms with Crippen LogP contribution in [0.4, 0.5) is 10.5 Å². The van der Waals surface area contributed by atoms with Crippen molar-refractivity contribution >= 4 is 29.3 Å². The minimum atomic E-state index is -1.26. The number of para-hydroxylation sites is 1. The molecule has 0 radical (unpaired) electrons. The number of anilines is 1. The van der Waals surface area contributed by atoms with E-state index in [2.05, 4.69) is 10.6 Å². The molecule has 2 amide bonds. The molecule has 0 atom stereocenters. The zero-order valence-electron chi connectivity index (χ0n) is 10.9. The molecule has 0 aliphatic rings. The number of halogens is 1. The predicted molar refractivity (Wildman–Crippen MR) is 74.6 cm³/mol. The summed E-state index contributed by atoms with van der Waals surface area (Å²) in [4.78, 5) is 23.1. The molecule has 19 heavy (non-hydrogen) atoms. The third-order valence-corrected chi connectivity index (χ3v) is 3.42. The number of rotatable bonds is 5. The first kappa shape index (κ1) is 15.3. The molecule has 0 aliphatic heterocycles. The van der Waals surface area contributed by atoms with Gasteiger partial charge in [-0.2, -0.15) is 0 Å². The summed E-state index contributed by atoms with van der Waals surface area (Å²) >= 11 is 5.91. The third kappa shape index (κ3) is 3.61. The molecule has 0 saturated carbocycles. The van der Waals surface area contributed by atoms with Crippen molar-refractivity contribution in [1.29, 1.82) is 0 Å². The van der Waals surface area contributed by atoms with Gasteiger partial charge in [0.2, 0.25) is 0 Å². The van der Waals surface area contributed by atoms with Gasteiger partial charge in [0.1, 0.15) is 5.54 Å². The van der Waals surface area contributed by atoms with Crippen LogP contribution in [0.15, 0.2) is 24.3 Å². The van der Waals surface area contributed by atoms with Gasteiger partial charge in [0.25, 0.3) is 0 Å². The van der Waals surface area contributed by atoms with Crippen LogP contribution >= 0.6 is 11.6 Å². The first-order chi connectivity index (χ1) is 8.95. The molecule has 0 unspecified atom stereocenters. The monoisotopic (exact) mass is 284 g/mol. The molecule has 0 bridgehead atoms. The number of carboxylic acids is 1. The van der Waals surface area contributed by atoms with Crippen molar-refractivity contribution < 1.29 is 14.7 Å². The summed E-state index contributed by atoms with van der Waals surface area (Å²) in [5.41, 5.74) is -0.820. The summed E-state index contributed by atoms with van der Waals surface area (Å²) in [5.74, 6) is -1.05. The quantitative estimate of drug-likeness (QED) is 0.777. The van der Waals surface area contributed by atoms with Crippen molar-refractivity contribution in [2.45, 2.75) is 32.2 Å². The molecule has 0 aromatic heterocycles. The molecule has 6 heteroatoms. The predicted octanol–water partition coefficient (Wildman–Crippen LogP) is 3.10. The SMILES string of the molecule is CCC(CC)(NC(=O)Nc1ccccc1Cl)C(=O)O. The van der Waals surface area contributed by atoms with E-state index in [9.17, 15) is 14.7 Å². The summed E-state index contributed by atoms with van der Waals surface area (Å²) in [6, 6.07) is 6.17. The Hall–Kier alpha value is -1.75. The highest BCUT2D eigenvalue weighted by Gasteiger charge is 2.36. The molecule has 3 N–H and O–H groups in total. The van der Waals surface area contributed by atoms with Crippen molar-refractivity contribution in [3.05, 3.63) is 29.3 Å². The van der Waals surface area contributed by atoms with Crippen LogP contribution in [0.1, 0.15) is 26.7 Å². The van der Waals surface area contributed by atoms with E-state index >= 15 is 0 Å². The molecule has 0 fully saturated rings. The van der Waals surface area contributed by atoms with Crippen molar-refractivity contribution in [3.63, 3.8) is 0 Å². The average Bonchev–Trinajstić information content (AvgIpc) is 2.38. The largest absolute Gasteiger partial charge is 0.480 e. The standard InChI is InChI=1S/C13H17ClN2O3/c1-3-13(4-2,11(17)18)16-12(19)15-10-8-6-5-7-9(10)14/h5-8H,3-4H2,1-2H3,(H,17,18)(H2,15,16,19). The fourth-order valence-corrected chi connectivity index (χ4v) is 1.90. The van der Waals surface area contributed by atoms with E-state index in [4.69, 9.17) is 11.6 Å². The van der Waals surface area contributed by atoms with Gasteiger partial charge in [0.05, 0.1) is 10.7 Å². The minimum Gasteiger partial charge on any atom is -0.480 e. The maximum absolute atomic E-state index is 11.9.